The van der Waals surface area contributed by atoms with Crippen LogP contribution in [0.25, 0.3) is 0 Å². The molecule has 0 radical (unpaired) electrons. The van der Waals surface area contributed by atoms with Gasteiger partial charge in [0.05, 0.1) is 23.7 Å². The topological polar surface area (TPSA) is 74.8 Å². The van der Waals surface area contributed by atoms with Crippen molar-refractivity contribution < 1.29 is 71.9 Å². The summed E-state index contributed by atoms with van der Waals surface area (Å²) in [5.41, 5.74) is -8.40. The summed E-state index contributed by atoms with van der Waals surface area (Å²) in [6.45, 7) is 1.75. The number of amides is 4. The van der Waals surface area contributed by atoms with Crippen molar-refractivity contribution in [1.82, 2.24) is 9.80 Å². The van der Waals surface area contributed by atoms with E-state index in [0.717, 1.165) is 7.05 Å². The molecule has 2 heterocycles. The van der Waals surface area contributed by atoms with E-state index in [1.54, 1.807) is 6.92 Å². The molecular formula is C36H44F12N2O4. The molecule has 6 fully saturated rings. The predicted octanol–water partition coefficient (Wildman–Crippen LogP) is 9.03. The second-order valence-corrected chi connectivity index (χ2v) is 16.9. The molecule has 4 saturated carbocycles. The van der Waals surface area contributed by atoms with Crippen LogP contribution in [0.1, 0.15) is 96.8 Å². The lowest BCUT2D eigenvalue weighted by atomic mass is 9.54. The van der Waals surface area contributed by atoms with Crippen molar-refractivity contribution in [3.8, 4) is 0 Å². The number of nitrogens with zero attached hydrogens (tertiary/aromatic N) is 2. The molecule has 0 aromatic heterocycles. The van der Waals surface area contributed by atoms with Crippen LogP contribution >= 0.6 is 0 Å². The van der Waals surface area contributed by atoms with Gasteiger partial charge in [-0.3, -0.25) is 29.0 Å². The first-order valence-corrected chi connectivity index (χ1v) is 18.8. The zero-order valence-corrected chi connectivity index (χ0v) is 29.7. The van der Waals surface area contributed by atoms with E-state index in [2.05, 4.69) is 0 Å². The number of imide groups is 2. The quantitative estimate of drug-likeness (QED) is 0.206. The predicted molar refractivity (Wildman–Crippen MR) is 164 cm³/mol. The monoisotopic (exact) mass is 796 g/mol. The molecule has 6 rings (SSSR count). The van der Waals surface area contributed by atoms with E-state index in [0.29, 0.717) is 9.80 Å². The molecule has 2 saturated heterocycles. The Kier molecular flexibility index (Phi) is 10.3. The van der Waals surface area contributed by atoms with E-state index in [-0.39, 0.29) is 38.0 Å². The number of likely N-dealkylation sites (tertiary alicyclic amines) is 2. The molecule has 4 aliphatic carbocycles. The third kappa shape index (κ3) is 5.97. The average molecular weight is 797 g/mol. The maximum Gasteiger partial charge on any atom is 0.403 e. The van der Waals surface area contributed by atoms with Crippen LogP contribution in [0.2, 0.25) is 0 Å². The van der Waals surface area contributed by atoms with Crippen molar-refractivity contribution in [2.75, 3.05) is 7.05 Å². The normalized spacial score (nSPS) is 36.5. The molecule has 54 heavy (non-hydrogen) atoms. The Balaban J connectivity index is 1.24. The summed E-state index contributed by atoms with van der Waals surface area (Å²) in [7, 11) is 1.11. The van der Waals surface area contributed by atoms with Crippen LogP contribution in [-0.2, 0) is 19.2 Å². The smallest absolute Gasteiger partial charge is 0.285 e. The number of carbonyl (C=O) groups excluding carboxylic acids is 4. The summed E-state index contributed by atoms with van der Waals surface area (Å²) >= 11 is 0. The second kappa shape index (κ2) is 13.5. The van der Waals surface area contributed by atoms with Gasteiger partial charge in [-0.1, -0.05) is 19.8 Å². The van der Waals surface area contributed by atoms with E-state index < -0.39 is 170 Å². The Bertz CT molecular complexity index is 1460. The number of fused-ring (bicyclic) bond motifs is 2. The average Bonchev–Trinajstić information content (AvgIpc) is 3.43. The van der Waals surface area contributed by atoms with Gasteiger partial charge in [0.2, 0.25) is 23.6 Å². The lowest BCUT2D eigenvalue weighted by Crippen LogP contribution is -2.61. The summed E-state index contributed by atoms with van der Waals surface area (Å²) in [4.78, 5) is 54.1. The van der Waals surface area contributed by atoms with E-state index in [1.807, 2.05) is 0 Å². The molecular weight excluding hydrogens is 752 g/mol. The first-order valence-electron chi connectivity index (χ1n) is 18.8. The van der Waals surface area contributed by atoms with Crippen LogP contribution in [0.4, 0.5) is 52.7 Å². The Morgan fingerprint density at radius 3 is 1.17 bits per heavy atom. The fourth-order valence-corrected chi connectivity index (χ4v) is 12.1. The molecule has 4 amide bonds. The van der Waals surface area contributed by atoms with Crippen LogP contribution in [0.5, 0.6) is 0 Å². The molecule has 6 unspecified atom stereocenters. The highest BCUT2D eigenvalue weighted by atomic mass is 19.4. The van der Waals surface area contributed by atoms with Crippen molar-refractivity contribution >= 4 is 23.6 Å². The van der Waals surface area contributed by atoms with Gasteiger partial charge < -0.3 is 0 Å². The largest absolute Gasteiger partial charge is 0.403 e. The first kappa shape index (κ1) is 41.1. The number of carbonyl (C=O) groups is 4. The van der Waals surface area contributed by atoms with Crippen LogP contribution in [-0.4, -0.2) is 71.2 Å². The SMILES string of the molecule is CC1CCC(C(C2CCC(N3C(=O)C4CCC(C(C5CCC6C(=O)N(C)C(=O)C6C5)(C(F)(F)F)C(F)(F)F)CC4C3=O)CC2)(C(F)(F)F)C(F)(F)F)CC1. The number of rotatable bonds is 5. The summed E-state index contributed by atoms with van der Waals surface area (Å²) in [5.74, 6) is -16.9. The lowest BCUT2D eigenvalue weighted by Gasteiger charge is -2.52. The molecule has 0 aromatic carbocycles. The Labute approximate surface area is 304 Å². The number of hydrogen-bond acceptors (Lipinski definition) is 4. The Morgan fingerprint density at radius 2 is 0.741 bits per heavy atom. The molecule has 2 aliphatic heterocycles. The summed E-state index contributed by atoms with van der Waals surface area (Å²) in [6, 6.07) is -1.16. The number of halogens is 12. The molecule has 0 N–H and O–H groups in total. The van der Waals surface area contributed by atoms with Gasteiger partial charge in [-0.25, -0.2) is 0 Å². The van der Waals surface area contributed by atoms with Gasteiger partial charge >= 0.3 is 24.7 Å². The second-order valence-electron chi connectivity index (χ2n) is 16.9. The van der Waals surface area contributed by atoms with Gasteiger partial charge in [0.1, 0.15) is 0 Å². The minimum absolute atomic E-state index is 0.0388. The fraction of sp³-hybridized carbons (Fsp3) is 0.889. The fourth-order valence-electron chi connectivity index (χ4n) is 12.1. The van der Waals surface area contributed by atoms with Crippen LogP contribution in [0, 0.1) is 64.1 Å². The van der Waals surface area contributed by atoms with E-state index in [4.69, 9.17) is 0 Å². The summed E-state index contributed by atoms with van der Waals surface area (Å²) in [6.07, 6.45) is -29.6. The molecule has 6 aliphatic rings. The van der Waals surface area contributed by atoms with Crippen molar-refractivity contribution in [3.05, 3.63) is 0 Å². The first-order chi connectivity index (χ1) is 24.8. The van der Waals surface area contributed by atoms with Gasteiger partial charge in [0.15, 0.2) is 10.8 Å². The highest BCUT2D eigenvalue weighted by Crippen LogP contribution is 2.68. The number of alkyl halides is 12. The van der Waals surface area contributed by atoms with Crippen LogP contribution in [0.15, 0.2) is 0 Å². The van der Waals surface area contributed by atoms with Gasteiger partial charge in [0.25, 0.3) is 0 Å². The van der Waals surface area contributed by atoms with Crippen molar-refractivity contribution in [2.24, 2.45) is 64.1 Å². The van der Waals surface area contributed by atoms with Crippen LogP contribution in [0.3, 0.4) is 0 Å². The maximum atomic E-state index is 15.2. The minimum atomic E-state index is -5.92. The number of hydrogen-bond donors (Lipinski definition) is 0. The lowest BCUT2D eigenvalue weighted by molar-refractivity contribution is -0.383. The zero-order chi connectivity index (χ0) is 40.1. The standard InChI is InChI=1S/C36H44F12N2O4/c1-17-3-5-18(6-4-17)31(33(37,38)39,34(40,41)42)19-7-11-22(12-8-19)50-29(53)24-14-10-21(16-26(24)30(50)54)32(35(43,44)45,36(46,47)48)20-9-13-23-25(15-20)28(52)49(2)27(23)51/h17-26H,3-16H2,1-2H3. The van der Waals surface area contributed by atoms with Gasteiger partial charge in [0, 0.05) is 13.1 Å². The van der Waals surface area contributed by atoms with E-state index >= 15 is 26.3 Å². The third-order valence-corrected chi connectivity index (χ3v) is 14.6. The minimum Gasteiger partial charge on any atom is -0.285 e. The molecule has 6 atom stereocenters. The maximum absolute atomic E-state index is 15.2. The van der Waals surface area contributed by atoms with Gasteiger partial charge in [-0.2, -0.15) is 52.7 Å². The van der Waals surface area contributed by atoms with E-state index in [9.17, 15) is 45.5 Å². The Morgan fingerprint density at radius 1 is 0.426 bits per heavy atom. The highest BCUT2D eigenvalue weighted by molar-refractivity contribution is 6.06. The Hall–Kier alpha value is -2.56. The summed E-state index contributed by atoms with van der Waals surface area (Å²) in [5, 5.41) is 0. The molecule has 6 nitrogen and oxygen atoms in total. The zero-order valence-electron chi connectivity index (χ0n) is 29.7. The molecule has 0 bridgehead atoms. The molecule has 0 aromatic rings. The summed E-state index contributed by atoms with van der Waals surface area (Å²) < 4.78 is 180. The van der Waals surface area contributed by atoms with Gasteiger partial charge in [-0.15, -0.1) is 0 Å². The van der Waals surface area contributed by atoms with Crippen molar-refractivity contribution in [2.45, 2.75) is 128 Å². The van der Waals surface area contributed by atoms with Crippen molar-refractivity contribution in [3.63, 3.8) is 0 Å². The molecule has 0 spiro atoms. The van der Waals surface area contributed by atoms with Crippen LogP contribution < -0.4 is 0 Å². The molecule has 306 valence electrons. The van der Waals surface area contributed by atoms with Gasteiger partial charge in [-0.05, 0) is 107 Å². The van der Waals surface area contributed by atoms with E-state index in [1.165, 1.54) is 0 Å². The third-order valence-electron chi connectivity index (χ3n) is 14.6. The molecule has 18 heteroatoms. The van der Waals surface area contributed by atoms with Crippen molar-refractivity contribution in [1.29, 1.82) is 0 Å². The highest BCUT2D eigenvalue weighted by Gasteiger charge is 2.79.